The highest BCUT2D eigenvalue weighted by molar-refractivity contribution is 5.88. The van der Waals surface area contributed by atoms with E-state index >= 15 is 0 Å². The molecule has 1 aromatic carbocycles. The number of hydrogen-bond donors (Lipinski definition) is 3. The summed E-state index contributed by atoms with van der Waals surface area (Å²) in [5.74, 6) is 0.776. The fourth-order valence-corrected chi connectivity index (χ4v) is 3.17. The first-order valence-electron chi connectivity index (χ1n) is 6.86. The molecule has 5 heteroatoms. The Balaban J connectivity index is 1.67. The van der Waals surface area contributed by atoms with Crippen molar-refractivity contribution in [3.63, 3.8) is 0 Å². The van der Waals surface area contributed by atoms with Gasteiger partial charge in [0.25, 0.3) is 0 Å². The maximum absolute atomic E-state index is 10.9. The van der Waals surface area contributed by atoms with Crippen LogP contribution in [0.2, 0.25) is 0 Å². The van der Waals surface area contributed by atoms with Crippen LogP contribution in [-0.4, -0.2) is 36.6 Å². The van der Waals surface area contributed by atoms with Crippen molar-refractivity contribution in [3.05, 3.63) is 24.3 Å². The van der Waals surface area contributed by atoms with Gasteiger partial charge in [-0.1, -0.05) is 6.07 Å². The van der Waals surface area contributed by atoms with E-state index in [0.29, 0.717) is 6.04 Å². The lowest BCUT2D eigenvalue weighted by atomic mass is 9.84. The molecule has 2 amide bonds. The Labute approximate surface area is 113 Å². The lowest BCUT2D eigenvalue weighted by Gasteiger charge is -2.45. The van der Waals surface area contributed by atoms with Crippen LogP contribution >= 0.6 is 0 Å². The van der Waals surface area contributed by atoms with Crippen molar-refractivity contribution in [1.29, 1.82) is 0 Å². The molecule has 0 spiro atoms. The molecule has 19 heavy (non-hydrogen) atoms. The van der Waals surface area contributed by atoms with E-state index in [9.17, 15) is 4.79 Å². The molecule has 4 rings (SSSR count). The highest BCUT2D eigenvalue weighted by Crippen LogP contribution is 2.30. The summed E-state index contributed by atoms with van der Waals surface area (Å²) in [7, 11) is 0. The number of amides is 2. The summed E-state index contributed by atoms with van der Waals surface area (Å²) in [5, 5.41) is 6.20. The molecule has 0 aromatic heterocycles. The van der Waals surface area contributed by atoms with Crippen LogP contribution in [0.15, 0.2) is 24.3 Å². The number of nitrogens with two attached hydrogens (primary N) is 1. The van der Waals surface area contributed by atoms with E-state index in [2.05, 4.69) is 15.5 Å². The zero-order valence-corrected chi connectivity index (χ0v) is 10.9. The third-order valence-electron chi connectivity index (χ3n) is 4.14. The summed E-state index contributed by atoms with van der Waals surface area (Å²) < 4.78 is 0. The van der Waals surface area contributed by atoms with Gasteiger partial charge >= 0.3 is 6.03 Å². The van der Waals surface area contributed by atoms with Crippen LogP contribution in [0, 0.1) is 5.92 Å². The molecule has 1 aromatic rings. The number of carbonyl (C=O) groups is 1. The van der Waals surface area contributed by atoms with Gasteiger partial charge in [0.1, 0.15) is 0 Å². The highest BCUT2D eigenvalue weighted by atomic mass is 16.2. The number of nitrogens with one attached hydrogen (secondary N) is 2. The molecule has 3 aliphatic heterocycles. The van der Waals surface area contributed by atoms with Crippen LogP contribution in [0.4, 0.5) is 16.2 Å². The zero-order chi connectivity index (χ0) is 13.2. The van der Waals surface area contributed by atoms with Crippen molar-refractivity contribution in [1.82, 2.24) is 4.90 Å². The molecule has 1 unspecified atom stereocenters. The number of nitrogens with zero attached hydrogens (tertiary/aromatic N) is 1. The summed E-state index contributed by atoms with van der Waals surface area (Å²) in [6.45, 7) is 3.61. The van der Waals surface area contributed by atoms with Crippen molar-refractivity contribution in [3.8, 4) is 0 Å². The van der Waals surface area contributed by atoms with Crippen LogP contribution in [-0.2, 0) is 0 Å². The van der Waals surface area contributed by atoms with E-state index < -0.39 is 6.03 Å². The van der Waals surface area contributed by atoms with Gasteiger partial charge in [-0.15, -0.1) is 0 Å². The Morgan fingerprint density at radius 2 is 2.00 bits per heavy atom. The number of hydrogen-bond acceptors (Lipinski definition) is 3. The van der Waals surface area contributed by atoms with Gasteiger partial charge in [-0.3, -0.25) is 0 Å². The van der Waals surface area contributed by atoms with Crippen LogP contribution in [0.3, 0.4) is 0 Å². The number of urea groups is 1. The van der Waals surface area contributed by atoms with E-state index in [1.54, 1.807) is 0 Å². The average Bonchev–Trinajstić information content (AvgIpc) is 2.39. The maximum Gasteiger partial charge on any atom is 0.316 e. The molecule has 0 radical (unpaired) electrons. The topological polar surface area (TPSA) is 70.4 Å². The van der Waals surface area contributed by atoms with Gasteiger partial charge in [0.05, 0.1) is 0 Å². The van der Waals surface area contributed by atoms with Crippen molar-refractivity contribution in [2.75, 3.05) is 30.3 Å². The number of carbonyl (C=O) groups excluding carboxylic acids is 1. The predicted octanol–water partition coefficient (Wildman–Crippen LogP) is 1.68. The molecule has 0 aliphatic carbocycles. The van der Waals surface area contributed by atoms with Crippen LogP contribution in [0.1, 0.15) is 12.8 Å². The Morgan fingerprint density at radius 1 is 1.26 bits per heavy atom. The summed E-state index contributed by atoms with van der Waals surface area (Å²) in [5.41, 5.74) is 6.91. The number of fused-ring (bicyclic) bond motifs is 3. The van der Waals surface area contributed by atoms with E-state index in [0.717, 1.165) is 23.8 Å². The Bertz CT molecular complexity index is 468. The second-order valence-electron chi connectivity index (χ2n) is 5.46. The highest BCUT2D eigenvalue weighted by Gasteiger charge is 2.33. The fraction of sp³-hybridized carbons (Fsp3) is 0.500. The monoisotopic (exact) mass is 260 g/mol. The van der Waals surface area contributed by atoms with E-state index in [-0.39, 0.29) is 0 Å². The fourth-order valence-electron chi connectivity index (χ4n) is 3.17. The molecule has 102 valence electrons. The normalized spacial score (nSPS) is 28.9. The molecule has 3 saturated heterocycles. The van der Waals surface area contributed by atoms with E-state index in [1.807, 2.05) is 24.3 Å². The largest absolute Gasteiger partial charge is 0.381 e. The summed E-state index contributed by atoms with van der Waals surface area (Å²) in [6.07, 6.45) is 2.58. The predicted molar refractivity (Wildman–Crippen MR) is 76.2 cm³/mol. The van der Waals surface area contributed by atoms with Crippen LogP contribution in [0.5, 0.6) is 0 Å². The second-order valence-corrected chi connectivity index (χ2v) is 5.46. The first-order valence-corrected chi connectivity index (χ1v) is 6.86. The summed E-state index contributed by atoms with van der Waals surface area (Å²) in [6, 6.07) is 7.72. The second kappa shape index (κ2) is 5.09. The number of anilines is 2. The average molecular weight is 260 g/mol. The van der Waals surface area contributed by atoms with Crippen molar-refractivity contribution in [2.45, 2.75) is 18.9 Å². The lowest BCUT2D eigenvalue weighted by molar-refractivity contribution is 0.0975. The minimum Gasteiger partial charge on any atom is -0.381 e. The Kier molecular flexibility index (Phi) is 3.29. The molecule has 5 nitrogen and oxygen atoms in total. The van der Waals surface area contributed by atoms with Gasteiger partial charge in [-0.05, 0) is 50.0 Å². The van der Waals surface area contributed by atoms with Gasteiger partial charge in [0.2, 0.25) is 0 Å². The van der Waals surface area contributed by atoms with E-state index in [4.69, 9.17) is 5.73 Å². The standard InChI is InChI=1S/C14H20N4O/c15-14(19)17-12-3-1-2-11(8-12)16-13-9-18-6-4-10(13)5-7-18/h1-3,8,10,13,16H,4-7,9H2,(H3,15,17,19). The number of primary amides is 1. The number of rotatable bonds is 3. The lowest BCUT2D eigenvalue weighted by Crippen LogP contribution is -2.53. The van der Waals surface area contributed by atoms with Crippen molar-refractivity contribution >= 4 is 17.4 Å². The summed E-state index contributed by atoms with van der Waals surface area (Å²) in [4.78, 5) is 13.4. The Hall–Kier alpha value is -1.75. The minimum atomic E-state index is -0.528. The maximum atomic E-state index is 10.9. The molecule has 3 aliphatic rings. The van der Waals surface area contributed by atoms with Crippen LogP contribution in [0.25, 0.3) is 0 Å². The quantitative estimate of drug-likeness (QED) is 0.774. The SMILES string of the molecule is NC(=O)Nc1cccc(NC2CN3CCC2CC3)c1. The zero-order valence-electron chi connectivity index (χ0n) is 10.9. The first-order chi connectivity index (χ1) is 9.20. The van der Waals surface area contributed by atoms with Gasteiger partial charge in [-0.2, -0.15) is 0 Å². The van der Waals surface area contributed by atoms with Gasteiger partial charge in [-0.25, -0.2) is 4.79 Å². The van der Waals surface area contributed by atoms with Gasteiger partial charge < -0.3 is 21.3 Å². The van der Waals surface area contributed by atoms with Crippen molar-refractivity contribution < 1.29 is 4.79 Å². The number of piperidine rings is 3. The molecule has 1 atom stereocenters. The molecular formula is C14H20N4O. The minimum absolute atomic E-state index is 0.520. The van der Waals surface area contributed by atoms with E-state index in [1.165, 1.54) is 25.9 Å². The Morgan fingerprint density at radius 3 is 2.63 bits per heavy atom. The molecule has 3 heterocycles. The molecule has 2 bridgehead atoms. The smallest absolute Gasteiger partial charge is 0.316 e. The van der Waals surface area contributed by atoms with Crippen molar-refractivity contribution in [2.24, 2.45) is 11.7 Å². The third kappa shape index (κ3) is 2.81. The van der Waals surface area contributed by atoms with Gasteiger partial charge in [0, 0.05) is 24.0 Å². The molecule has 4 N–H and O–H groups in total. The summed E-state index contributed by atoms with van der Waals surface area (Å²) >= 11 is 0. The molecule has 0 saturated carbocycles. The number of benzene rings is 1. The van der Waals surface area contributed by atoms with Gasteiger partial charge in [0.15, 0.2) is 0 Å². The van der Waals surface area contributed by atoms with Crippen LogP contribution < -0.4 is 16.4 Å². The third-order valence-corrected chi connectivity index (χ3v) is 4.14. The molecular weight excluding hydrogens is 240 g/mol. The first kappa shape index (κ1) is 12.3. The molecule has 3 fully saturated rings.